The Labute approximate surface area is 124 Å². The molecule has 114 valence electrons. The van der Waals surface area contributed by atoms with Gasteiger partial charge in [-0.15, -0.1) is 0 Å². The fourth-order valence-electron chi connectivity index (χ4n) is 2.53. The summed E-state index contributed by atoms with van der Waals surface area (Å²) in [6.07, 6.45) is 2.62. The average molecular weight is 290 g/mol. The van der Waals surface area contributed by atoms with Gasteiger partial charge in [-0.1, -0.05) is 12.1 Å². The summed E-state index contributed by atoms with van der Waals surface area (Å²) in [5.41, 5.74) is 8.88. The first-order valence-electron chi connectivity index (χ1n) is 7.44. The van der Waals surface area contributed by atoms with Crippen molar-refractivity contribution in [2.24, 2.45) is 5.73 Å². The summed E-state index contributed by atoms with van der Waals surface area (Å²) in [5.74, 6) is -0.216. The van der Waals surface area contributed by atoms with Gasteiger partial charge in [0, 0.05) is 24.6 Å². The Bertz CT molecular complexity index is 528. The average Bonchev–Trinajstić information content (AvgIpc) is 2.47. The molecule has 0 saturated carbocycles. The van der Waals surface area contributed by atoms with Crippen LogP contribution < -0.4 is 11.1 Å². The van der Waals surface area contributed by atoms with E-state index in [4.69, 9.17) is 10.5 Å². The van der Waals surface area contributed by atoms with Crippen LogP contribution in [0.2, 0.25) is 0 Å². The molecule has 2 rings (SSSR count). The molecule has 0 saturated heterocycles. The summed E-state index contributed by atoms with van der Waals surface area (Å²) in [6.45, 7) is 2.89. The van der Waals surface area contributed by atoms with E-state index >= 15 is 0 Å². The molecule has 21 heavy (non-hydrogen) atoms. The van der Waals surface area contributed by atoms with Gasteiger partial charge in [0.2, 0.25) is 0 Å². The normalized spacial score (nSPS) is 15.0. The summed E-state index contributed by atoms with van der Waals surface area (Å²) in [7, 11) is 0. The van der Waals surface area contributed by atoms with Crippen LogP contribution in [-0.4, -0.2) is 25.0 Å². The zero-order valence-corrected chi connectivity index (χ0v) is 12.4. The van der Waals surface area contributed by atoms with Gasteiger partial charge in [-0.2, -0.15) is 0 Å². The van der Waals surface area contributed by atoms with E-state index in [2.05, 4.69) is 5.32 Å². The number of ether oxygens (including phenoxy) is 1. The Morgan fingerprint density at radius 3 is 3.05 bits per heavy atom. The van der Waals surface area contributed by atoms with Crippen LogP contribution in [0.25, 0.3) is 0 Å². The van der Waals surface area contributed by atoms with Crippen molar-refractivity contribution in [3.8, 4) is 0 Å². The maximum absolute atomic E-state index is 11.8. The molecule has 0 bridgehead atoms. The summed E-state index contributed by atoms with van der Waals surface area (Å²) >= 11 is 0. The number of fused-ring (bicyclic) bond motifs is 1. The minimum atomic E-state index is -0.186. The van der Waals surface area contributed by atoms with E-state index in [-0.39, 0.29) is 17.9 Å². The zero-order valence-electron chi connectivity index (χ0n) is 12.4. The van der Waals surface area contributed by atoms with Gasteiger partial charge in [0.1, 0.15) is 0 Å². The van der Waals surface area contributed by atoms with Crippen LogP contribution >= 0.6 is 0 Å². The van der Waals surface area contributed by atoms with E-state index in [1.165, 1.54) is 0 Å². The fourth-order valence-corrected chi connectivity index (χ4v) is 2.53. The van der Waals surface area contributed by atoms with E-state index < -0.39 is 0 Å². The molecule has 3 N–H and O–H groups in total. The highest BCUT2D eigenvalue weighted by Gasteiger charge is 2.18. The molecule has 1 unspecified atom stereocenters. The van der Waals surface area contributed by atoms with E-state index in [1.54, 1.807) is 6.92 Å². The third-order valence-corrected chi connectivity index (χ3v) is 3.69. The van der Waals surface area contributed by atoms with E-state index in [9.17, 15) is 9.59 Å². The third-order valence-electron chi connectivity index (χ3n) is 3.69. The van der Waals surface area contributed by atoms with Crippen molar-refractivity contribution in [1.29, 1.82) is 0 Å². The SMILES string of the molecule is CCOC(=O)CCCC(N)c1ccc2c(c1)C(=O)NCC2. The molecule has 1 amide bonds. The van der Waals surface area contributed by atoms with Crippen LogP contribution in [0.1, 0.15) is 53.7 Å². The third kappa shape index (κ3) is 4.04. The summed E-state index contributed by atoms with van der Waals surface area (Å²) in [4.78, 5) is 23.1. The number of hydrogen-bond acceptors (Lipinski definition) is 4. The summed E-state index contributed by atoms with van der Waals surface area (Å²) in [6, 6.07) is 5.67. The number of hydrogen-bond donors (Lipinski definition) is 2. The van der Waals surface area contributed by atoms with Gasteiger partial charge in [0.05, 0.1) is 6.61 Å². The standard InChI is InChI=1S/C16H22N2O3/c1-2-21-15(19)5-3-4-14(17)12-7-6-11-8-9-18-16(20)13(11)10-12/h6-7,10,14H,2-5,8-9,17H2,1H3,(H,18,20). The largest absolute Gasteiger partial charge is 0.466 e. The van der Waals surface area contributed by atoms with E-state index in [0.29, 0.717) is 32.4 Å². The number of rotatable bonds is 6. The van der Waals surface area contributed by atoms with Gasteiger partial charge in [0.15, 0.2) is 0 Å². The quantitative estimate of drug-likeness (QED) is 0.781. The molecule has 1 heterocycles. The molecule has 0 radical (unpaired) electrons. The lowest BCUT2D eigenvalue weighted by Gasteiger charge is -2.19. The number of esters is 1. The second kappa shape index (κ2) is 7.22. The van der Waals surface area contributed by atoms with Gasteiger partial charge < -0.3 is 15.8 Å². The van der Waals surface area contributed by atoms with Gasteiger partial charge in [-0.3, -0.25) is 9.59 Å². The molecule has 1 aromatic rings. The number of carbonyl (C=O) groups is 2. The lowest BCUT2D eigenvalue weighted by Crippen LogP contribution is -2.32. The molecule has 0 aliphatic carbocycles. The predicted molar refractivity (Wildman–Crippen MR) is 79.9 cm³/mol. The Balaban J connectivity index is 1.93. The minimum Gasteiger partial charge on any atom is -0.466 e. The van der Waals surface area contributed by atoms with Crippen LogP contribution in [0.4, 0.5) is 0 Å². The minimum absolute atomic E-state index is 0.0307. The van der Waals surface area contributed by atoms with Crippen LogP contribution in [0.5, 0.6) is 0 Å². The van der Waals surface area contributed by atoms with Crippen molar-refractivity contribution in [3.63, 3.8) is 0 Å². The van der Waals surface area contributed by atoms with Gasteiger partial charge in [-0.25, -0.2) is 0 Å². The van der Waals surface area contributed by atoms with Gasteiger partial charge >= 0.3 is 5.97 Å². The molecule has 1 aliphatic heterocycles. The van der Waals surface area contributed by atoms with Crippen molar-refractivity contribution in [3.05, 3.63) is 34.9 Å². The topological polar surface area (TPSA) is 81.4 Å². The second-order valence-corrected chi connectivity index (χ2v) is 5.23. The Hall–Kier alpha value is -1.88. The summed E-state index contributed by atoms with van der Waals surface area (Å²) < 4.78 is 4.89. The van der Waals surface area contributed by atoms with E-state index in [0.717, 1.165) is 23.1 Å². The molecule has 0 spiro atoms. The Morgan fingerprint density at radius 1 is 1.48 bits per heavy atom. The van der Waals surface area contributed by atoms with Crippen LogP contribution in [0.15, 0.2) is 18.2 Å². The Morgan fingerprint density at radius 2 is 2.29 bits per heavy atom. The maximum atomic E-state index is 11.8. The highest BCUT2D eigenvalue weighted by Crippen LogP contribution is 2.22. The second-order valence-electron chi connectivity index (χ2n) is 5.23. The van der Waals surface area contributed by atoms with Gasteiger partial charge in [-0.05, 0) is 43.4 Å². The lowest BCUT2D eigenvalue weighted by atomic mass is 9.94. The first-order chi connectivity index (χ1) is 10.1. The molecule has 1 aromatic carbocycles. The molecule has 0 fully saturated rings. The zero-order chi connectivity index (χ0) is 15.2. The van der Waals surface area contributed by atoms with Crippen LogP contribution in [0.3, 0.4) is 0 Å². The number of nitrogens with one attached hydrogen (secondary N) is 1. The van der Waals surface area contributed by atoms with Crippen molar-refractivity contribution >= 4 is 11.9 Å². The highest BCUT2D eigenvalue weighted by atomic mass is 16.5. The van der Waals surface area contributed by atoms with Gasteiger partial charge in [0.25, 0.3) is 5.91 Å². The fraction of sp³-hybridized carbons (Fsp3) is 0.500. The number of carbonyl (C=O) groups excluding carboxylic acids is 2. The summed E-state index contributed by atoms with van der Waals surface area (Å²) in [5, 5.41) is 2.84. The van der Waals surface area contributed by atoms with Crippen LogP contribution in [0, 0.1) is 0 Å². The molecular formula is C16H22N2O3. The molecular weight excluding hydrogens is 268 g/mol. The molecule has 1 aliphatic rings. The molecule has 0 aromatic heterocycles. The number of amides is 1. The maximum Gasteiger partial charge on any atom is 0.305 e. The first-order valence-corrected chi connectivity index (χ1v) is 7.44. The van der Waals surface area contributed by atoms with E-state index in [1.807, 2.05) is 18.2 Å². The lowest BCUT2D eigenvalue weighted by molar-refractivity contribution is -0.143. The monoisotopic (exact) mass is 290 g/mol. The molecule has 1 atom stereocenters. The van der Waals surface area contributed by atoms with Crippen molar-refractivity contribution < 1.29 is 14.3 Å². The first kappa shape index (κ1) is 15.5. The predicted octanol–water partition coefficient (Wildman–Crippen LogP) is 1.71. The van der Waals surface area contributed by atoms with Crippen molar-refractivity contribution in [2.45, 2.75) is 38.6 Å². The van der Waals surface area contributed by atoms with Crippen molar-refractivity contribution in [1.82, 2.24) is 5.32 Å². The molecule has 5 heteroatoms. The Kier molecular flexibility index (Phi) is 5.33. The highest BCUT2D eigenvalue weighted by molar-refractivity contribution is 5.96. The number of nitrogens with two attached hydrogens (primary N) is 1. The van der Waals surface area contributed by atoms with Crippen LogP contribution in [-0.2, 0) is 16.0 Å². The molecule has 5 nitrogen and oxygen atoms in total. The van der Waals surface area contributed by atoms with Crippen molar-refractivity contribution in [2.75, 3.05) is 13.2 Å². The smallest absolute Gasteiger partial charge is 0.305 e. The number of benzene rings is 1.